The molecule has 1 saturated heterocycles. The highest BCUT2D eigenvalue weighted by molar-refractivity contribution is 7.13. The minimum atomic E-state index is -1.11. The molecule has 144 valence electrons. The molecule has 8 heteroatoms. The van der Waals surface area contributed by atoms with Gasteiger partial charge in [0, 0.05) is 0 Å². The molecule has 2 aromatic heterocycles. The Balaban J connectivity index is 1.53. The molecular formula is C20H20N4O3S. The third-order valence-electron chi connectivity index (χ3n) is 4.85. The molecule has 1 aliphatic rings. The van der Waals surface area contributed by atoms with Gasteiger partial charge in [0.1, 0.15) is 12.1 Å². The molecule has 1 N–H and O–H groups in total. The van der Waals surface area contributed by atoms with Crippen LogP contribution < -0.4 is 5.32 Å². The maximum Gasteiger partial charge on any atom is 0.325 e. The summed E-state index contributed by atoms with van der Waals surface area (Å²) in [5.74, 6) is 0.331. The van der Waals surface area contributed by atoms with Gasteiger partial charge in [-0.15, -0.1) is 11.3 Å². The van der Waals surface area contributed by atoms with Gasteiger partial charge in [0.25, 0.3) is 5.91 Å². The van der Waals surface area contributed by atoms with Crippen molar-refractivity contribution in [2.24, 2.45) is 0 Å². The molecule has 0 aliphatic carbocycles. The van der Waals surface area contributed by atoms with Gasteiger partial charge in [-0.1, -0.05) is 48.8 Å². The Bertz CT molecular complexity index is 997. The molecule has 28 heavy (non-hydrogen) atoms. The van der Waals surface area contributed by atoms with Crippen LogP contribution in [-0.4, -0.2) is 27.0 Å². The molecule has 1 aliphatic heterocycles. The smallest absolute Gasteiger partial charge is 0.325 e. The predicted molar refractivity (Wildman–Crippen MR) is 104 cm³/mol. The number of thiophene rings is 1. The largest absolute Gasteiger partial charge is 0.337 e. The van der Waals surface area contributed by atoms with Gasteiger partial charge in [0.15, 0.2) is 0 Å². The summed E-state index contributed by atoms with van der Waals surface area (Å²) in [6.45, 7) is 3.77. The van der Waals surface area contributed by atoms with E-state index in [0.29, 0.717) is 5.82 Å². The van der Waals surface area contributed by atoms with Gasteiger partial charge in [-0.3, -0.25) is 9.69 Å². The summed E-state index contributed by atoms with van der Waals surface area (Å²) < 4.78 is 5.24. The van der Waals surface area contributed by atoms with Gasteiger partial charge in [-0.25, -0.2) is 4.79 Å². The highest BCUT2D eigenvalue weighted by Gasteiger charge is 2.49. The fraction of sp³-hybridized carbons (Fsp3) is 0.300. The monoisotopic (exact) mass is 396 g/mol. The number of imide groups is 1. The molecule has 3 heterocycles. The number of nitrogens with zero attached hydrogens (tertiary/aromatic N) is 3. The Morgan fingerprint density at radius 2 is 2.00 bits per heavy atom. The topological polar surface area (TPSA) is 88.3 Å². The molecule has 3 amide bonds. The van der Waals surface area contributed by atoms with Gasteiger partial charge in [-0.05, 0) is 35.9 Å². The van der Waals surface area contributed by atoms with Gasteiger partial charge in [0.2, 0.25) is 11.7 Å². The van der Waals surface area contributed by atoms with Crippen LogP contribution in [0.15, 0.2) is 46.3 Å². The first kappa shape index (κ1) is 18.4. The molecular weight excluding hydrogens is 376 g/mol. The van der Waals surface area contributed by atoms with Crippen molar-refractivity contribution in [2.75, 3.05) is 0 Å². The SMILES string of the molecule is CCCc1ccc(C2(C)NC(=O)N(Cc3nc(-c4cccs4)no3)C2=O)cc1. The quantitative estimate of drug-likeness (QED) is 0.642. The lowest BCUT2D eigenvalue weighted by Crippen LogP contribution is -2.40. The van der Waals surface area contributed by atoms with Crippen LogP contribution in [0.25, 0.3) is 10.7 Å². The summed E-state index contributed by atoms with van der Waals surface area (Å²) >= 11 is 1.49. The first-order chi connectivity index (χ1) is 13.5. The summed E-state index contributed by atoms with van der Waals surface area (Å²) in [6.07, 6.45) is 2.03. The number of aromatic nitrogens is 2. The van der Waals surface area contributed by atoms with E-state index in [1.807, 2.05) is 41.8 Å². The van der Waals surface area contributed by atoms with Gasteiger partial charge in [0.05, 0.1) is 4.88 Å². The molecule has 0 bridgehead atoms. The first-order valence-electron chi connectivity index (χ1n) is 9.11. The average molecular weight is 396 g/mol. The Labute approximate surface area is 166 Å². The molecule has 1 fully saturated rings. The van der Waals surface area contributed by atoms with Gasteiger partial charge in [-0.2, -0.15) is 4.98 Å². The molecule has 4 rings (SSSR count). The molecule has 1 unspecified atom stereocenters. The number of urea groups is 1. The minimum Gasteiger partial charge on any atom is -0.337 e. The fourth-order valence-corrected chi connectivity index (χ4v) is 3.94. The van der Waals surface area contributed by atoms with Crippen LogP contribution in [0.1, 0.15) is 37.3 Å². The molecule has 0 spiro atoms. The number of nitrogens with one attached hydrogen (secondary N) is 1. The molecule has 0 radical (unpaired) electrons. The Hall–Kier alpha value is -3.00. The zero-order chi connectivity index (χ0) is 19.7. The summed E-state index contributed by atoms with van der Waals surface area (Å²) in [5.41, 5.74) is 0.840. The fourth-order valence-electron chi connectivity index (χ4n) is 3.29. The standard InChI is InChI=1S/C20H20N4O3S/c1-3-5-13-7-9-14(10-8-13)20(2)18(25)24(19(26)22-20)12-16-21-17(23-27-16)15-6-4-11-28-15/h4,6-11H,3,5,12H2,1-2H3,(H,22,26). The van der Waals surface area contributed by atoms with E-state index in [4.69, 9.17) is 4.52 Å². The van der Waals surface area contributed by atoms with Crippen molar-refractivity contribution in [3.63, 3.8) is 0 Å². The zero-order valence-corrected chi connectivity index (χ0v) is 16.5. The molecule has 7 nitrogen and oxygen atoms in total. The lowest BCUT2D eigenvalue weighted by atomic mass is 9.91. The van der Waals surface area contributed by atoms with E-state index in [-0.39, 0.29) is 18.3 Å². The van der Waals surface area contributed by atoms with Crippen molar-refractivity contribution in [3.05, 3.63) is 58.8 Å². The third-order valence-corrected chi connectivity index (χ3v) is 5.71. The second-order valence-electron chi connectivity index (χ2n) is 6.88. The molecule has 0 saturated carbocycles. The van der Waals surface area contributed by atoms with Crippen LogP contribution in [0, 0.1) is 0 Å². The Morgan fingerprint density at radius 3 is 2.68 bits per heavy atom. The number of benzene rings is 1. The highest BCUT2D eigenvalue weighted by Crippen LogP contribution is 2.30. The normalized spacial score (nSPS) is 19.3. The van der Waals surface area contributed by atoms with E-state index in [1.54, 1.807) is 6.92 Å². The van der Waals surface area contributed by atoms with Crippen LogP contribution in [0.4, 0.5) is 4.79 Å². The lowest BCUT2D eigenvalue weighted by Gasteiger charge is -2.22. The van der Waals surface area contributed by atoms with Gasteiger partial charge < -0.3 is 9.84 Å². The number of carbonyl (C=O) groups excluding carboxylic acids is 2. The van der Waals surface area contributed by atoms with Crippen LogP contribution in [0.3, 0.4) is 0 Å². The van der Waals surface area contributed by atoms with E-state index in [2.05, 4.69) is 22.4 Å². The molecule has 1 atom stereocenters. The number of hydrogen-bond donors (Lipinski definition) is 1. The van der Waals surface area contributed by atoms with Crippen LogP contribution in [0.2, 0.25) is 0 Å². The molecule has 3 aromatic rings. The number of hydrogen-bond acceptors (Lipinski definition) is 6. The van der Waals surface area contributed by atoms with Crippen molar-refractivity contribution >= 4 is 23.3 Å². The average Bonchev–Trinajstić information content (AvgIpc) is 3.41. The van der Waals surface area contributed by atoms with Crippen LogP contribution in [-0.2, 0) is 23.3 Å². The second-order valence-corrected chi connectivity index (χ2v) is 7.83. The predicted octanol–water partition coefficient (Wildman–Crippen LogP) is 3.72. The van der Waals surface area contributed by atoms with E-state index < -0.39 is 11.6 Å². The number of rotatable bonds is 6. The lowest BCUT2D eigenvalue weighted by molar-refractivity contribution is -0.131. The van der Waals surface area contributed by atoms with Crippen LogP contribution in [0.5, 0.6) is 0 Å². The number of amides is 3. The first-order valence-corrected chi connectivity index (χ1v) is 9.99. The maximum absolute atomic E-state index is 13.0. The van der Waals surface area contributed by atoms with Crippen molar-refractivity contribution in [2.45, 2.75) is 38.8 Å². The maximum atomic E-state index is 13.0. The van der Waals surface area contributed by atoms with E-state index in [0.717, 1.165) is 28.2 Å². The van der Waals surface area contributed by atoms with Crippen molar-refractivity contribution in [1.29, 1.82) is 0 Å². The second kappa shape index (κ2) is 7.20. The highest BCUT2D eigenvalue weighted by atomic mass is 32.1. The van der Waals surface area contributed by atoms with E-state index in [1.165, 1.54) is 16.9 Å². The number of aryl methyl sites for hydroxylation is 1. The third kappa shape index (κ3) is 3.20. The van der Waals surface area contributed by atoms with Crippen molar-refractivity contribution in [1.82, 2.24) is 20.4 Å². The Morgan fingerprint density at radius 1 is 1.21 bits per heavy atom. The van der Waals surface area contributed by atoms with Gasteiger partial charge >= 0.3 is 6.03 Å². The summed E-state index contributed by atoms with van der Waals surface area (Å²) in [5, 5.41) is 8.65. The summed E-state index contributed by atoms with van der Waals surface area (Å²) in [6, 6.07) is 11.1. The van der Waals surface area contributed by atoms with Crippen molar-refractivity contribution < 1.29 is 14.1 Å². The van der Waals surface area contributed by atoms with Crippen molar-refractivity contribution in [3.8, 4) is 10.7 Å². The summed E-state index contributed by atoms with van der Waals surface area (Å²) in [7, 11) is 0. The van der Waals surface area contributed by atoms with E-state index in [9.17, 15) is 9.59 Å². The molecule has 1 aromatic carbocycles. The summed E-state index contributed by atoms with van der Waals surface area (Å²) in [4.78, 5) is 31.8. The number of carbonyl (C=O) groups is 2. The van der Waals surface area contributed by atoms with Crippen LogP contribution >= 0.6 is 11.3 Å². The van der Waals surface area contributed by atoms with E-state index >= 15 is 0 Å². The minimum absolute atomic E-state index is 0.0629. The Kier molecular flexibility index (Phi) is 4.72. The zero-order valence-electron chi connectivity index (χ0n) is 15.6.